The second-order valence-corrected chi connectivity index (χ2v) is 5.39. The topological polar surface area (TPSA) is 66.2 Å². The molecule has 1 aromatic heterocycles. The number of carbonyl (C=O) groups is 1. The van der Waals surface area contributed by atoms with E-state index in [1.165, 1.54) is 10.9 Å². The number of ether oxygens (including phenoxy) is 1. The van der Waals surface area contributed by atoms with Gasteiger partial charge in [0.2, 0.25) is 5.91 Å². The maximum absolute atomic E-state index is 11.9. The molecule has 1 atom stereocenters. The van der Waals surface area contributed by atoms with Gasteiger partial charge in [-0.2, -0.15) is 0 Å². The Kier molecular flexibility index (Phi) is 4.52. The summed E-state index contributed by atoms with van der Waals surface area (Å²) in [6, 6.07) is 8.36. The van der Waals surface area contributed by atoms with Gasteiger partial charge < -0.3 is 20.4 Å². The van der Waals surface area contributed by atoms with Gasteiger partial charge in [-0.25, -0.2) is 0 Å². The molecule has 1 fully saturated rings. The monoisotopic (exact) mass is 287 g/mol. The number of aromatic amines is 1. The highest BCUT2D eigenvalue weighted by molar-refractivity contribution is 5.83. The van der Waals surface area contributed by atoms with Crippen LogP contribution in [0.15, 0.2) is 30.5 Å². The third-order valence-corrected chi connectivity index (χ3v) is 3.82. The first-order chi connectivity index (χ1) is 10.3. The van der Waals surface area contributed by atoms with E-state index in [4.69, 9.17) is 4.74 Å². The molecule has 0 saturated carbocycles. The van der Waals surface area contributed by atoms with Crippen LogP contribution >= 0.6 is 0 Å². The highest BCUT2D eigenvalue weighted by atomic mass is 16.5. The first kappa shape index (κ1) is 14.1. The zero-order valence-electron chi connectivity index (χ0n) is 12.0. The number of amides is 1. The molecule has 1 aromatic carbocycles. The summed E-state index contributed by atoms with van der Waals surface area (Å²) in [5, 5.41) is 7.50. The Morgan fingerprint density at radius 1 is 1.38 bits per heavy atom. The number of carbonyl (C=O) groups excluding carboxylic acids is 1. The predicted molar refractivity (Wildman–Crippen MR) is 82.2 cm³/mol. The van der Waals surface area contributed by atoms with E-state index in [0.717, 1.165) is 25.1 Å². The molecule has 3 rings (SSSR count). The smallest absolute Gasteiger partial charge is 0.221 e. The van der Waals surface area contributed by atoms with Crippen LogP contribution in [0.5, 0.6) is 0 Å². The first-order valence-electron chi connectivity index (χ1n) is 7.46. The fraction of sp³-hybridized carbons (Fsp3) is 0.438. The van der Waals surface area contributed by atoms with Crippen molar-refractivity contribution in [3.05, 3.63) is 36.0 Å². The van der Waals surface area contributed by atoms with Crippen molar-refractivity contribution in [3.8, 4) is 0 Å². The van der Waals surface area contributed by atoms with Crippen LogP contribution in [0.25, 0.3) is 10.9 Å². The molecular formula is C16H21N3O2. The summed E-state index contributed by atoms with van der Waals surface area (Å²) in [6.07, 6.45) is 3.34. The number of H-pyrrole nitrogens is 1. The Labute approximate surface area is 124 Å². The molecule has 0 radical (unpaired) electrons. The molecule has 5 nitrogen and oxygen atoms in total. The molecule has 1 aliphatic rings. The number of rotatable bonds is 5. The molecule has 0 aliphatic carbocycles. The maximum atomic E-state index is 11.9. The molecule has 1 aliphatic heterocycles. The van der Waals surface area contributed by atoms with Crippen molar-refractivity contribution in [1.82, 2.24) is 15.6 Å². The summed E-state index contributed by atoms with van der Waals surface area (Å²) in [7, 11) is 0. The van der Waals surface area contributed by atoms with E-state index in [9.17, 15) is 4.79 Å². The number of fused-ring (bicyclic) bond motifs is 1. The average Bonchev–Trinajstić information content (AvgIpc) is 2.92. The molecule has 0 bridgehead atoms. The average molecular weight is 287 g/mol. The van der Waals surface area contributed by atoms with Crippen molar-refractivity contribution in [2.75, 3.05) is 26.3 Å². The van der Waals surface area contributed by atoms with Gasteiger partial charge in [-0.3, -0.25) is 4.79 Å². The van der Waals surface area contributed by atoms with Gasteiger partial charge in [-0.05, 0) is 18.1 Å². The third kappa shape index (κ3) is 3.62. The van der Waals surface area contributed by atoms with Crippen molar-refractivity contribution in [3.63, 3.8) is 0 Å². The number of hydrogen-bond acceptors (Lipinski definition) is 3. The van der Waals surface area contributed by atoms with Crippen LogP contribution in [-0.4, -0.2) is 43.2 Å². The summed E-state index contributed by atoms with van der Waals surface area (Å²) in [5.41, 5.74) is 2.38. The standard InChI is InChI=1S/C16H21N3O2/c20-16(9-13-11-21-8-7-17-13)18-6-5-12-10-19-15-4-2-1-3-14(12)15/h1-4,10,13,17,19H,5-9,11H2,(H,18,20). The molecule has 5 heteroatoms. The first-order valence-corrected chi connectivity index (χ1v) is 7.46. The second kappa shape index (κ2) is 6.74. The second-order valence-electron chi connectivity index (χ2n) is 5.39. The Balaban J connectivity index is 1.46. The summed E-state index contributed by atoms with van der Waals surface area (Å²) in [5.74, 6) is 0.0813. The van der Waals surface area contributed by atoms with Crippen LogP contribution in [-0.2, 0) is 16.0 Å². The molecule has 1 unspecified atom stereocenters. The van der Waals surface area contributed by atoms with Gasteiger partial charge >= 0.3 is 0 Å². The van der Waals surface area contributed by atoms with Crippen molar-refractivity contribution in [1.29, 1.82) is 0 Å². The lowest BCUT2D eigenvalue weighted by Crippen LogP contribution is -2.44. The van der Waals surface area contributed by atoms with Gasteiger partial charge in [0.25, 0.3) is 0 Å². The van der Waals surface area contributed by atoms with Crippen molar-refractivity contribution in [2.45, 2.75) is 18.9 Å². The lowest BCUT2D eigenvalue weighted by atomic mass is 10.1. The highest BCUT2D eigenvalue weighted by Gasteiger charge is 2.16. The van der Waals surface area contributed by atoms with E-state index < -0.39 is 0 Å². The fourth-order valence-electron chi connectivity index (χ4n) is 2.72. The summed E-state index contributed by atoms with van der Waals surface area (Å²) >= 11 is 0. The van der Waals surface area contributed by atoms with Crippen LogP contribution in [0.4, 0.5) is 0 Å². The zero-order valence-corrected chi connectivity index (χ0v) is 12.0. The number of para-hydroxylation sites is 1. The van der Waals surface area contributed by atoms with E-state index in [2.05, 4.69) is 27.8 Å². The molecular weight excluding hydrogens is 266 g/mol. The predicted octanol–water partition coefficient (Wildman–Crippen LogP) is 1.21. The van der Waals surface area contributed by atoms with Crippen LogP contribution in [0.2, 0.25) is 0 Å². The van der Waals surface area contributed by atoms with Gasteiger partial charge in [0.05, 0.1) is 13.2 Å². The van der Waals surface area contributed by atoms with Crippen molar-refractivity contribution >= 4 is 16.8 Å². The van der Waals surface area contributed by atoms with Crippen LogP contribution in [0, 0.1) is 0 Å². The molecule has 2 heterocycles. The zero-order chi connectivity index (χ0) is 14.5. The van der Waals surface area contributed by atoms with Gasteiger partial charge in [0.15, 0.2) is 0 Å². The normalized spacial score (nSPS) is 18.8. The molecule has 21 heavy (non-hydrogen) atoms. The van der Waals surface area contributed by atoms with Crippen LogP contribution < -0.4 is 10.6 Å². The Bertz CT molecular complexity index is 602. The van der Waals surface area contributed by atoms with E-state index >= 15 is 0 Å². The minimum absolute atomic E-state index is 0.0813. The molecule has 0 spiro atoms. The summed E-state index contributed by atoms with van der Waals surface area (Å²) in [6.45, 7) is 2.84. The summed E-state index contributed by atoms with van der Waals surface area (Å²) in [4.78, 5) is 15.1. The largest absolute Gasteiger partial charge is 0.378 e. The Hall–Kier alpha value is -1.85. The Morgan fingerprint density at radius 3 is 3.14 bits per heavy atom. The third-order valence-electron chi connectivity index (χ3n) is 3.82. The van der Waals surface area contributed by atoms with Crippen LogP contribution in [0.3, 0.4) is 0 Å². The van der Waals surface area contributed by atoms with E-state index in [1.54, 1.807) is 0 Å². The number of morpholine rings is 1. The molecule has 3 N–H and O–H groups in total. The van der Waals surface area contributed by atoms with Crippen molar-refractivity contribution in [2.24, 2.45) is 0 Å². The minimum Gasteiger partial charge on any atom is -0.378 e. The number of hydrogen-bond donors (Lipinski definition) is 3. The lowest BCUT2D eigenvalue weighted by Gasteiger charge is -2.23. The SMILES string of the molecule is O=C(CC1COCCN1)NCCc1c[nH]c2ccccc12. The van der Waals surface area contributed by atoms with E-state index in [-0.39, 0.29) is 11.9 Å². The van der Waals surface area contributed by atoms with E-state index in [1.807, 2.05) is 18.3 Å². The van der Waals surface area contributed by atoms with Crippen molar-refractivity contribution < 1.29 is 9.53 Å². The Morgan fingerprint density at radius 2 is 2.29 bits per heavy atom. The van der Waals surface area contributed by atoms with Gasteiger partial charge in [0.1, 0.15) is 0 Å². The fourth-order valence-corrected chi connectivity index (χ4v) is 2.72. The number of benzene rings is 1. The molecule has 112 valence electrons. The number of aromatic nitrogens is 1. The quantitative estimate of drug-likeness (QED) is 0.774. The van der Waals surface area contributed by atoms with Crippen LogP contribution in [0.1, 0.15) is 12.0 Å². The van der Waals surface area contributed by atoms with Gasteiger partial charge in [-0.1, -0.05) is 18.2 Å². The van der Waals surface area contributed by atoms with Gasteiger partial charge in [0, 0.05) is 42.7 Å². The molecule has 1 saturated heterocycles. The highest BCUT2D eigenvalue weighted by Crippen LogP contribution is 2.17. The minimum atomic E-state index is 0.0813. The molecule has 1 amide bonds. The summed E-state index contributed by atoms with van der Waals surface area (Å²) < 4.78 is 5.35. The lowest BCUT2D eigenvalue weighted by molar-refractivity contribution is -0.122. The molecule has 2 aromatic rings. The number of nitrogens with one attached hydrogen (secondary N) is 3. The van der Waals surface area contributed by atoms with Gasteiger partial charge in [-0.15, -0.1) is 0 Å². The van der Waals surface area contributed by atoms with E-state index in [0.29, 0.717) is 19.6 Å². The maximum Gasteiger partial charge on any atom is 0.221 e.